The van der Waals surface area contributed by atoms with Crippen LogP contribution in [0.1, 0.15) is 43.5 Å². The minimum absolute atomic E-state index is 0.152. The van der Waals surface area contributed by atoms with E-state index in [9.17, 15) is 0 Å². The number of nitrogens with zero attached hydrogens (tertiary/aromatic N) is 3. The predicted octanol–water partition coefficient (Wildman–Crippen LogP) is 2.14. The average Bonchev–Trinajstić information content (AvgIpc) is 2.85. The Balaban J connectivity index is 2.06. The van der Waals surface area contributed by atoms with Crippen LogP contribution in [-0.2, 0) is 6.42 Å². The zero-order valence-corrected chi connectivity index (χ0v) is 11.4. The molecule has 0 radical (unpaired) electrons. The number of pyridine rings is 1. The van der Waals surface area contributed by atoms with Crippen LogP contribution in [0.15, 0.2) is 29.0 Å². The van der Waals surface area contributed by atoms with Crippen LogP contribution in [0.25, 0.3) is 0 Å². The summed E-state index contributed by atoms with van der Waals surface area (Å²) in [4.78, 5) is 8.44. The van der Waals surface area contributed by atoms with Gasteiger partial charge in [-0.2, -0.15) is 4.98 Å². The minimum Gasteiger partial charge on any atom is -0.339 e. The van der Waals surface area contributed by atoms with Crippen LogP contribution < -0.4 is 5.73 Å². The summed E-state index contributed by atoms with van der Waals surface area (Å²) < 4.78 is 5.33. The van der Waals surface area contributed by atoms with Gasteiger partial charge in [-0.15, -0.1) is 0 Å². The van der Waals surface area contributed by atoms with E-state index in [-0.39, 0.29) is 5.92 Å². The highest BCUT2D eigenvalue weighted by molar-refractivity contribution is 5.15. The summed E-state index contributed by atoms with van der Waals surface area (Å²) in [5.41, 5.74) is 6.90. The van der Waals surface area contributed by atoms with Crippen molar-refractivity contribution in [2.24, 2.45) is 11.7 Å². The molecule has 2 aromatic rings. The highest BCUT2D eigenvalue weighted by Crippen LogP contribution is 2.21. The van der Waals surface area contributed by atoms with Gasteiger partial charge in [-0.25, -0.2) is 0 Å². The Morgan fingerprint density at radius 1 is 1.26 bits per heavy atom. The maximum absolute atomic E-state index is 5.78. The molecule has 5 heteroatoms. The van der Waals surface area contributed by atoms with E-state index in [0.29, 0.717) is 30.6 Å². The smallest absolute Gasteiger partial charge is 0.231 e. The molecule has 102 valence electrons. The van der Waals surface area contributed by atoms with Crippen molar-refractivity contribution in [2.75, 3.05) is 6.54 Å². The molecule has 0 fully saturated rings. The first kappa shape index (κ1) is 13.7. The summed E-state index contributed by atoms with van der Waals surface area (Å²) in [5, 5.41) is 4.03. The fourth-order valence-electron chi connectivity index (χ4n) is 2.06. The van der Waals surface area contributed by atoms with Crippen LogP contribution in [0.4, 0.5) is 0 Å². The van der Waals surface area contributed by atoms with Gasteiger partial charge in [0.15, 0.2) is 5.82 Å². The van der Waals surface area contributed by atoms with Crippen LogP contribution in [-0.4, -0.2) is 21.7 Å². The Hall–Kier alpha value is -1.75. The third-order valence-electron chi connectivity index (χ3n) is 2.99. The van der Waals surface area contributed by atoms with Crippen LogP contribution >= 0.6 is 0 Å². The predicted molar refractivity (Wildman–Crippen MR) is 72.6 cm³/mol. The maximum atomic E-state index is 5.78. The molecule has 2 aromatic heterocycles. The van der Waals surface area contributed by atoms with Crippen molar-refractivity contribution in [3.05, 3.63) is 41.8 Å². The van der Waals surface area contributed by atoms with Crippen molar-refractivity contribution in [3.8, 4) is 0 Å². The first-order chi connectivity index (χ1) is 9.19. The molecular weight excluding hydrogens is 240 g/mol. The van der Waals surface area contributed by atoms with Crippen molar-refractivity contribution < 1.29 is 4.52 Å². The molecule has 1 atom stereocenters. The lowest BCUT2D eigenvalue weighted by Crippen LogP contribution is -2.15. The van der Waals surface area contributed by atoms with Gasteiger partial charge in [-0.05, 0) is 30.0 Å². The van der Waals surface area contributed by atoms with Crippen LogP contribution in [0.3, 0.4) is 0 Å². The molecular formula is C14H20N4O. The van der Waals surface area contributed by atoms with Crippen LogP contribution in [0.2, 0.25) is 0 Å². The summed E-state index contributed by atoms with van der Waals surface area (Å²) >= 11 is 0. The van der Waals surface area contributed by atoms with E-state index in [1.807, 2.05) is 12.1 Å². The lowest BCUT2D eigenvalue weighted by molar-refractivity contribution is 0.332. The zero-order valence-electron chi connectivity index (χ0n) is 11.4. The van der Waals surface area contributed by atoms with Crippen molar-refractivity contribution in [2.45, 2.75) is 32.6 Å². The molecule has 0 saturated heterocycles. The minimum atomic E-state index is 0.152. The Kier molecular flexibility index (Phi) is 4.63. The molecule has 0 bridgehead atoms. The first-order valence-electron chi connectivity index (χ1n) is 6.60. The quantitative estimate of drug-likeness (QED) is 0.861. The lowest BCUT2D eigenvalue weighted by Gasteiger charge is -2.11. The monoisotopic (exact) mass is 260 g/mol. The lowest BCUT2D eigenvalue weighted by atomic mass is 9.97. The first-order valence-corrected chi connectivity index (χ1v) is 6.60. The molecule has 0 aliphatic rings. The second kappa shape index (κ2) is 6.43. The van der Waals surface area contributed by atoms with Gasteiger partial charge >= 0.3 is 0 Å². The third kappa shape index (κ3) is 3.86. The maximum Gasteiger partial charge on any atom is 0.231 e. The topological polar surface area (TPSA) is 77.8 Å². The molecule has 0 aromatic carbocycles. The molecule has 2 heterocycles. The van der Waals surface area contributed by atoms with Crippen molar-refractivity contribution >= 4 is 0 Å². The van der Waals surface area contributed by atoms with Crippen LogP contribution in [0, 0.1) is 5.92 Å². The van der Waals surface area contributed by atoms with E-state index < -0.39 is 0 Å². The number of hydrogen-bond donors (Lipinski definition) is 1. The molecule has 0 aliphatic carbocycles. The number of nitrogens with two attached hydrogens (primary N) is 1. The normalized spacial score (nSPS) is 12.8. The summed E-state index contributed by atoms with van der Waals surface area (Å²) in [5.74, 6) is 2.06. The summed E-state index contributed by atoms with van der Waals surface area (Å²) in [7, 11) is 0. The molecule has 0 saturated carbocycles. The van der Waals surface area contributed by atoms with Gasteiger partial charge in [0.25, 0.3) is 0 Å². The molecule has 2 N–H and O–H groups in total. The Labute approximate surface area is 113 Å². The zero-order chi connectivity index (χ0) is 13.7. The van der Waals surface area contributed by atoms with E-state index in [1.54, 1.807) is 12.4 Å². The molecule has 0 aliphatic heterocycles. The largest absolute Gasteiger partial charge is 0.339 e. The van der Waals surface area contributed by atoms with Crippen molar-refractivity contribution in [3.63, 3.8) is 0 Å². The van der Waals surface area contributed by atoms with Gasteiger partial charge < -0.3 is 10.3 Å². The molecule has 19 heavy (non-hydrogen) atoms. The van der Waals surface area contributed by atoms with Gasteiger partial charge in [0, 0.05) is 25.4 Å². The Morgan fingerprint density at radius 3 is 2.63 bits per heavy atom. The molecule has 0 spiro atoms. The van der Waals surface area contributed by atoms with Crippen molar-refractivity contribution in [1.29, 1.82) is 0 Å². The summed E-state index contributed by atoms with van der Waals surface area (Å²) in [6, 6.07) is 3.90. The number of aromatic nitrogens is 3. The number of hydrogen-bond acceptors (Lipinski definition) is 5. The summed E-state index contributed by atoms with van der Waals surface area (Å²) in [6.45, 7) is 4.86. The number of rotatable bonds is 6. The highest BCUT2D eigenvalue weighted by atomic mass is 16.5. The second-order valence-electron chi connectivity index (χ2n) is 5.14. The van der Waals surface area contributed by atoms with Gasteiger partial charge in [-0.1, -0.05) is 19.0 Å². The van der Waals surface area contributed by atoms with E-state index in [4.69, 9.17) is 10.3 Å². The van der Waals surface area contributed by atoms with Crippen LogP contribution in [0.5, 0.6) is 0 Å². The van der Waals surface area contributed by atoms with Gasteiger partial charge in [-0.3, -0.25) is 4.98 Å². The van der Waals surface area contributed by atoms with Gasteiger partial charge in [0.05, 0.1) is 5.92 Å². The molecule has 5 nitrogen and oxygen atoms in total. The third-order valence-corrected chi connectivity index (χ3v) is 2.99. The van der Waals surface area contributed by atoms with E-state index in [0.717, 1.165) is 12.0 Å². The standard InChI is InChI=1S/C14H20N4O/c1-10(2)7-12(9-15)14-17-13(18-19-14)8-11-3-5-16-6-4-11/h3-6,10,12H,7-9,15H2,1-2H3. The van der Waals surface area contributed by atoms with Crippen molar-refractivity contribution in [1.82, 2.24) is 15.1 Å². The Morgan fingerprint density at radius 2 is 2.00 bits per heavy atom. The summed E-state index contributed by atoms with van der Waals surface area (Å²) in [6.07, 6.45) is 5.15. The SMILES string of the molecule is CC(C)CC(CN)c1nc(Cc2ccncc2)no1. The average molecular weight is 260 g/mol. The molecule has 2 rings (SSSR count). The molecule has 1 unspecified atom stereocenters. The fourth-order valence-corrected chi connectivity index (χ4v) is 2.06. The van der Waals surface area contributed by atoms with E-state index >= 15 is 0 Å². The van der Waals surface area contributed by atoms with E-state index in [2.05, 4.69) is 29.0 Å². The highest BCUT2D eigenvalue weighted by Gasteiger charge is 2.18. The van der Waals surface area contributed by atoms with E-state index in [1.165, 1.54) is 0 Å². The van der Waals surface area contributed by atoms with Gasteiger partial charge in [0.1, 0.15) is 0 Å². The fraction of sp³-hybridized carbons (Fsp3) is 0.500. The Bertz CT molecular complexity index is 495. The molecule has 0 amide bonds. The second-order valence-corrected chi connectivity index (χ2v) is 5.14. The van der Waals surface area contributed by atoms with Gasteiger partial charge in [0.2, 0.25) is 5.89 Å².